The molecule has 27 heavy (non-hydrogen) atoms. The van der Waals surface area contributed by atoms with Gasteiger partial charge in [-0.25, -0.2) is 12.7 Å². The van der Waals surface area contributed by atoms with E-state index in [-0.39, 0.29) is 22.6 Å². The third kappa shape index (κ3) is 4.13. The number of benzene rings is 2. The molecule has 0 unspecified atom stereocenters. The molecule has 0 saturated carbocycles. The number of ether oxygens (including phenoxy) is 1. The van der Waals surface area contributed by atoms with Crippen LogP contribution in [0.15, 0.2) is 58.2 Å². The van der Waals surface area contributed by atoms with Crippen molar-refractivity contribution >= 4 is 66.3 Å². The molecule has 1 aliphatic rings. The first-order valence-electron chi connectivity index (χ1n) is 7.45. The lowest BCUT2D eigenvalue weighted by Crippen LogP contribution is -2.25. The fraction of sp³-hybridized carbons (Fsp3) is 0.0625. The van der Waals surface area contributed by atoms with Crippen molar-refractivity contribution in [1.82, 2.24) is 4.31 Å². The SMILES string of the molecule is O=S(=O)(c1c(Cl)ccc(NC(=S)Nc2ccccc2Br)c1O)N1C=COC1. The summed E-state index contributed by atoms with van der Waals surface area (Å²) in [4.78, 5) is -0.437. The molecule has 0 fully saturated rings. The van der Waals surface area contributed by atoms with E-state index in [1.165, 1.54) is 24.6 Å². The Morgan fingerprint density at radius 3 is 2.59 bits per heavy atom. The molecular formula is C16H13BrClN3O4S2. The van der Waals surface area contributed by atoms with Gasteiger partial charge in [-0.15, -0.1) is 0 Å². The van der Waals surface area contributed by atoms with E-state index in [1.54, 1.807) is 6.07 Å². The number of nitrogens with one attached hydrogen (secondary N) is 2. The summed E-state index contributed by atoms with van der Waals surface area (Å²) in [5, 5.41) is 16.3. The highest BCUT2D eigenvalue weighted by atomic mass is 79.9. The van der Waals surface area contributed by atoms with Gasteiger partial charge in [0.25, 0.3) is 10.0 Å². The Balaban J connectivity index is 1.88. The molecule has 0 bridgehead atoms. The van der Waals surface area contributed by atoms with Crippen LogP contribution in [0.2, 0.25) is 5.02 Å². The molecule has 7 nitrogen and oxygen atoms in total. The molecule has 0 saturated heterocycles. The normalized spacial score (nSPS) is 13.3. The highest BCUT2D eigenvalue weighted by Crippen LogP contribution is 2.39. The maximum atomic E-state index is 12.7. The van der Waals surface area contributed by atoms with Crippen LogP contribution < -0.4 is 10.6 Å². The number of phenols is 1. The number of anilines is 2. The molecule has 2 aromatic rings. The number of sulfonamides is 1. The van der Waals surface area contributed by atoms with Crippen molar-refractivity contribution in [2.75, 3.05) is 17.4 Å². The van der Waals surface area contributed by atoms with Crippen molar-refractivity contribution < 1.29 is 18.3 Å². The molecule has 1 aliphatic heterocycles. The molecular weight excluding hydrogens is 478 g/mol. The molecule has 3 rings (SSSR count). The van der Waals surface area contributed by atoms with Crippen LogP contribution in [0.25, 0.3) is 0 Å². The van der Waals surface area contributed by atoms with E-state index in [1.807, 2.05) is 18.2 Å². The summed E-state index contributed by atoms with van der Waals surface area (Å²) >= 11 is 14.7. The van der Waals surface area contributed by atoms with E-state index in [4.69, 9.17) is 28.6 Å². The summed E-state index contributed by atoms with van der Waals surface area (Å²) < 4.78 is 32.1. The zero-order valence-corrected chi connectivity index (χ0v) is 17.5. The summed E-state index contributed by atoms with van der Waals surface area (Å²) in [6.07, 6.45) is 2.48. The zero-order chi connectivity index (χ0) is 19.6. The molecule has 3 N–H and O–H groups in total. The number of rotatable bonds is 4. The van der Waals surface area contributed by atoms with Gasteiger partial charge in [0.15, 0.2) is 17.6 Å². The fourth-order valence-corrected chi connectivity index (χ4v) is 4.63. The van der Waals surface area contributed by atoms with Gasteiger partial charge in [0.2, 0.25) is 0 Å². The Kier molecular flexibility index (Phi) is 5.80. The van der Waals surface area contributed by atoms with E-state index in [9.17, 15) is 13.5 Å². The maximum absolute atomic E-state index is 12.7. The minimum Gasteiger partial charge on any atom is -0.504 e. The van der Waals surface area contributed by atoms with Gasteiger partial charge in [0.1, 0.15) is 11.2 Å². The minimum atomic E-state index is -4.10. The largest absolute Gasteiger partial charge is 0.504 e. The standard InChI is InChI=1S/C16H13BrClN3O4S2/c17-10-3-1-2-4-12(10)19-16(26)20-13-6-5-11(18)15(14(13)22)27(23,24)21-7-8-25-9-21/h1-8,22H,9H2,(H2,19,20,26). The first-order chi connectivity index (χ1) is 12.8. The van der Waals surface area contributed by atoms with E-state index in [2.05, 4.69) is 26.6 Å². The Hall–Kier alpha value is -2.01. The molecule has 0 aromatic heterocycles. The molecule has 0 spiro atoms. The van der Waals surface area contributed by atoms with Crippen LogP contribution in [-0.2, 0) is 14.8 Å². The topological polar surface area (TPSA) is 90.9 Å². The number of aromatic hydroxyl groups is 1. The number of nitrogens with zero attached hydrogens (tertiary/aromatic N) is 1. The van der Waals surface area contributed by atoms with Gasteiger partial charge in [-0.05, 0) is 52.4 Å². The second kappa shape index (κ2) is 7.93. The molecule has 142 valence electrons. The first kappa shape index (κ1) is 19.7. The van der Waals surface area contributed by atoms with E-state index in [0.717, 1.165) is 8.78 Å². The smallest absolute Gasteiger partial charge is 0.271 e. The molecule has 1 heterocycles. The Morgan fingerprint density at radius 2 is 1.93 bits per heavy atom. The first-order valence-corrected chi connectivity index (χ1v) is 10.5. The summed E-state index contributed by atoms with van der Waals surface area (Å²) in [6, 6.07) is 10.1. The molecule has 0 radical (unpaired) electrons. The summed E-state index contributed by atoms with van der Waals surface area (Å²) in [6.45, 7) is -0.197. The van der Waals surface area contributed by atoms with Crippen LogP contribution in [-0.4, -0.2) is 29.7 Å². The van der Waals surface area contributed by atoms with Gasteiger partial charge in [-0.1, -0.05) is 23.7 Å². The van der Waals surface area contributed by atoms with Crippen molar-refractivity contribution in [2.45, 2.75) is 4.90 Å². The van der Waals surface area contributed by atoms with Crippen molar-refractivity contribution in [3.63, 3.8) is 0 Å². The van der Waals surface area contributed by atoms with Gasteiger partial charge in [0, 0.05) is 4.47 Å². The third-order valence-corrected chi connectivity index (χ3v) is 6.64. The summed E-state index contributed by atoms with van der Waals surface area (Å²) in [5.74, 6) is -0.543. The molecule has 2 aromatic carbocycles. The van der Waals surface area contributed by atoms with Crippen molar-refractivity contribution in [1.29, 1.82) is 0 Å². The quantitative estimate of drug-likeness (QED) is 0.440. The highest BCUT2D eigenvalue weighted by molar-refractivity contribution is 9.10. The highest BCUT2D eigenvalue weighted by Gasteiger charge is 2.31. The fourth-order valence-electron chi connectivity index (χ4n) is 2.27. The molecule has 0 aliphatic carbocycles. The lowest BCUT2D eigenvalue weighted by Gasteiger charge is -2.19. The van der Waals surface area contributed by atoms with Crippen LogP contribution in [0.1, 0.15) is 0 Å². The number of para-hydroxylation sites is 1. The maximum Gasteiger partial charge on any atom is 0.271 e. The van der Waals surface area contributed by atoms with Gasteiger partial charge < -0.3 is 20.5 Å². The number of hydrogen-bond donors (Lipinski definition) is 3. The average Bonchev–Trinajstić information content (AvgIpc) is 3.15. The van der Waals surface area contributed by atoms with E-state index >= 15 is 0 Å². The van der Waals surface area contributed by atoms with Gasteiger partial charge in [-0.3, -0.25) is 0 Å². The lowest BCUT2D eigenvalue weighted by atomic mass is 10.3. The number of thiocarbonyl (C=S) groups is 1. The Labute approximate surface area is 174 Å². The van der Waals surface area contributed by atoms with Crippen LogP contribution in [0, 0.1) is 0 Å². The average molecular weight is 491 g/mol. The second-order valence-electron chi connectivity index (χ2n) is 5.30. The van der Waals surface area contributed by atoms with Crippen molar-refractivity contribution in [2.24, 2.45) is 0 Å². The van der Waals surface area contributed by atoms with Crippen LogP contribution in [0.3, 0.4) is 0 Å². The van der Waals surface area contributed by atoms with E-state index < -0.39 is 20.7 Å². The predicted octanol–water partition coefficient (Wildman–Crippen LogP) is 4.07. The Bertz CT molecular complexity index is 1030. The molecule has 0 amide bonds. The summed E-state index contributed by atoms with van der Waals surface area (Å²) in [5.41, 5.74) is 0.794. The zero-order valence-electron chi connectivity index (χ0n) is 13.5. The second-order valence-corrected chi connectivity index (χ2v) is 8.80. The minimum absolute atomic E-state index is 0.0895. The molecule has 11 heteroatoms. The van der Waals surface area contributed by atoms with Crippen LogP contribution in [0.4, 0.5) is 11.4 Å². The Morgan fingerprint density at radius 1 is 1.22 bits per heavy atom. The van der Waals surface area contributed by atoms with Crippen molar-refractivity contribution in [3.8, 4) is 5.75 Å². The van der Waals surface area contributed by atoms with Gasteiger partial charge >= 0.3 is 0 Å². The van der Waals surface area contributed by atoms with Crippen LogP contribution in [0.5, 0.6) is 5.75 Å². The lowest BCUT2D eigenvalue weighted by molar-refractivity contribution is 0.220. The molecule has 0 atom stereocenters. The number of hydrogen-bond acceptors (Lipinski definition) is 5. The van der Waals surface area contributed by atoms with Gasteiger partial charge in [-0.2, -0.15) is 0 Å². The third-order valence-electron chi connectivity index (χ3n) is 3.55. The van der Waals surface area contributed by atoms with Crippen molar-refractivity contribution in [3.05, 3.63) is 58.4 Å². The van der Waals surface area contributed by atoms with Crippen LogP contribution >= 0.6 is 39.7 Å². The monoisotopic (exact) mass is 489 g/mol. The number of phenolic OH excluding ortho intramolecular Hbond substituents is 1. The number of halogens is 2. The van der Waals surface area contributed by atoms with E-state index in [0.29, 0.717) is 5.69 Å². The predicted molar refractivity (Wildman–Crippen MR) is 111 cm³/mol. The van der Waals surface area contributed by atoms with Gasteiger partial charge in [0.05, 0.1) is 22.6 Å². The summed E-state index contributed by atoms with van der Waals surface area (Å²) in [7, 11) is -4.10.